The summed E-state index contributed by atoms with van der Waals surface area (Å²) in [7, 11) is 4.01. The molecule has 16 nitrogen and oxygen atoms in total. The number of nitrogens with zero attached hydrogens (tertiary/aromatic N) is 8. The van der Waals surface area contributed by atoms with Crippen molar-refractivity contribution in [2.75, 3.05) is 84.6 Å². The summed E-state index contributed by atoms with van der Waals surface area (Å²) in [5.41, 5.74) is 7.17. The molecule has 0 bridgehead atoms. The number of H-pyrrole nitrogens is 1. The van der Waals surface area contributed by atoms with Crippen LogP contribution in [0, 0.1) is 0 Å². The monoisotopic (exact) mass is 807 g/mol. The van der Waals surface area contributed by atoms with Crippen molar-refractivity contribution in [3.63, 3.8) is 0 Å². The molecule has 59 heavy (non-hydrogen) atoms. The van der Waals surface area contributed by atoms with Gasteiger partial charge in [-0.3, -0.25) is 24.3 Å². The Kier molecular flexibility index (Phi) is 13.5. The van der Waals surface area contributed by atoms with Crippen molar-refractivity contribution in [2.24, 2.45) is 0 Å². The molecule has 0 saturated carbocycles. The van der Waals surface area contributed by atoms with Crippen LogP contribution in [0.2, 0.25) is 0 Å². The number of hydrogen-bond acceptors (Lipinski definition) is 12. The number of para-hydroxylation sites is 1. The second-order valence-electron chi connectivity index (χ2n) is 14.7. The minimum Gasteiger partial charge on any atom is -0.492 e. The molecule has 16 heteroatoms. The number of piperazine rings is 1. The first-order valence-electron chi connectivity index (χ1n) is 20.0. The quantitative estimate of drug-likeness (QED) is 0.107. The third kappa shape index (κ3) is 10.6. The largest absolute Gasteiger partial charge is 0.492 e. The van der Waals surface area contributed by atoms with Gasteiger partial charge in [-0.25, -0.2) is 15.0 Å². The lowest BCUT2D eigenvalue weighted by Gasteiger charge is -2.36. The Bertz CT molecular complexity index is 2440. The lowest BCUT2D eigenvalue weighted by molar-refractivity contribution is 0.0888. The Morgan fingerprint density at radius 1 is 0.831 bits per heavy atom. The number of likely N-dealkylation sites (N-methyl/N-ethyl adjacent to an activating group) is 1. The third-order valence-electron chi connectivity index (χ3n) is 10.2. The molecule has 7 rings (SSSR count). The predicted molar refractivity (Wildman–Crippen MR) is 232 cm³/mol. The number of hydrogen-bond donors (Lipinski definition) is 3. The van der Waals surface area contributed by atoms with Gasteiger partial charge in [0.15, 0.2) is 5.65 Å². The molecule has 1 aliphatic rings. The van der Waals surface area contributed by atoms with Gasteiger partial charge in [0.25, 0.3) is 17.4 Å². The third-order valence-corrected chi connectivity index (χ3v) is 10.2. The number of ether oxygens (including phenoxy) is 2. The van der Waals surface area contributed by atoms with Crippen LogP contribution in [-0.2, 0) is 24.2 Å². The molecule has 0 atom stereocenters. The zero-order valence-corrected chi connectivity index (χ0v) is 33.8. The summed E-state index contributed by atoms with van der Waals surface area (Å²) in [6, 6.07) is 18.9. The van der Waals surface area contributed by atoms with E-state index >= 15 is 0 Å². The number of benzene rings is 1. The van der Waals surface area contributed by atoms with Crippen LogP contribution in [0.15, 0.2) is 84.2 Å². The molecule has 2 amide bonds. The van der Waals surface area contributed by atoms with E-state index in [0.29, 0.717) is 43.0 Å². The number of aromatic amines is 1. The zero-order chi connectivity index (χ0) is 41.1. The van der Waals surface area contributed by atoms with Gasteiger partial charge >= 0.3 is 0 Å². The van der Waals surface area contributed by atoms with E-state index in [4.69, 9.17) is 9.47 Å². The van der Waals surface area contributed by atoms with Crippen LogP contribution in [-0.4, -0.2) is 131 Å². The van der Waals surface area contributed by atoms with Gasteiger partial charge in [-0.2, -0.15) is 0 Å². The number of rotatable bonds is 18. The molecule has 0 radical (unpaired) electrons. The highest BCUT2D eigenvalue weighted by Gasteiger charge is 2.19. The Hall–Kier alpha value is -6.23. The minimum atomic E-state index is -0.316. The molecule has 0 spiro atoms. The normalized spacial score (nSPS) is 13.3. The van der Waals surface area contributed by atoms with Crippen LogP contribution >= 0.6 is 0 Å². The van der Waals surface area contributed by atoms with Crippen molar-refractivity contribution in [2.45, 2.75) is 26.4 Å². The maximum Gasteiger partial charge on any atom is 0.270 e. The van der Waals surface area contributed by atoms with E-state index in [1.54, 1.807) is 30.7 Å². The summed E-state index contributed by atoms with van der Waals surface area (Å²) < 4.78 is 13.6. The highest BCUT2D eigenvalue weighted by atomic mass is 16.5. The number of nitrogens with one attached hydrogen (secondary N) is 3. The number of imidazole rings is 1. The summed E-state index contributed by atoms with van der Waals surface area (Å²) in [4.78, 5) is 65.7. The van der Waals surface area contributed by atoms with Crippen molar-refractivity contribution in [3.05, 3.63) is 118 Å². The standard InChI is InChI=1S/C43H51N11O5.3H2/c1-4-31-24-37-38(50-41(31)55)23-30(25-46-37)27-52-15-17-53(18-16-52)33-9-10-35(47-26-33)42(56)44-13-20-58-21-14-45-43(57)36-12-11-34-40(49-36)54(29-48-34)28-32-7-5-6-8-39(32)59-22-19-51(2)3;;;/h5-12,23-26,29H,4,13-22,27-28H2,1-3H3,(H,44,56)(H,45,57)(H,50,55);3*1H. The van der Waals surface area contributed by atoms with E-state index in [1.807, 2.05) is 74.2 Å². The second kappa shape index (κ2) is 19.5. The molecule has 0 unspecified atom stereocenters. The van der Waals surface area contributed by atoms with Crippen LogP contribution in [0.4, 0.5) is 5.69 Å². The number of aryl methyl sites for hydroxylation is 1. The van der Waals surface area contributed by atoms with Gasteiger partial charge in [0.05, 0.1) is 49.0 Å². The fraction of sp³-hybridized carbons (Fsp3) is 0.372. The molecule has 1 fully saturated rings. The second-order valence-corrected chi connectivity index (χ2v) is 14.7. The van der Waals surface area contributed by atoms with Gasteiger partial charge in [-0.15, -0.1) is 0 Å². The van der Waals surface area contributed by atoms with E-state index in [-0.39, 0.29) is 47.1 Å². The van der Waals surface area contributed by atoms with Gasteiger partial charge in [0, 0.05) is 74.0 Å². The number of aromatic nitrogens is 6. The number of carbonyl (C=O) groups excluding carboxylic acids is 2. The molecule has 6 heterocycles. The Balaban J connectivity index is 0.00000282. The number of carbonyl (C=O) groups is 2. The number of amides is 2. The first kappa shape index (κ1) is 40.9. The van der Waals surface area contributed by atoms with E-state index in [9.17, 15) is 14.4 Å². The average molecular weight is 808 g/mol. The van der Waals surface area contributed by atoms with Crippen LogP contribution in [0.25, 0.3) is 22.2 Å². The van der Waals surface area contributed by atoms with Crippen molar-refractivity contribution < 1.29 is 23.3 Å². The summed E-state index contributed by atoms with van der Waals surface area (Å²) in [6.45, 7) is 9.08. The van der Waals surface area contributed by atoms with E-state index < -0.39 is 0 Å². The summed E-state index contributed by atoms with van der Waals surface area (Å²) >= 11 is 0. The maximum atomic E-state index is 12.9. The van der Waals surface area contributed by atoms with Gasteiger partial charge < -0.3 is 39.5 Å². The molecule has 314 valence electrons. The molecule has 1 aromatic carbocycles. The lowest BCUT2D eigenvalue weighted by atomic mass is 10.1. The molecular weight excluding hydrogens is 751 g/mol. The molecule has 1 aliphatic heterocycles. The molecular formula is C43H57N11O5. The van der Waals surface area contributed by atoms with Gasteiger partial charge in [-0.1, -0.05) is 25.1 Å². The van der Waals surface area contributed by atoms with E-state index in [1.165, 1.54) is 0 Å². The van der Waals surface area contributed by atoms with E-state index in [0.717, 1.165) is 78.4 Å². The van der Waals surface area contributed by atoms with Gasteiger partial charge in [-0.05, 0) is 68.5 Å². The fourth-order valence-corrected chi connectivity index (χ4v) is 6.88. The first-order valence-corrected chi connectivity index (χ1v) is 20.0. The summed E-state index contributed by atoms with van der Waals surface area (Å²) in [6.07, 6.45) is 6.02. The fourth-order valence-electron chi connectivity index (χ4n) is 6.88. The molecule has 0 aliphatic carbocycles. The van der Waals surface area contributed by atoms with Crippen molar-refractivity contribution in [1.82, 2.24) is 49.9 Å². The topological polar surface area (TPSA) is 176 Å². The number of fused-ring (bicyclic) bond motifs is 2. The van der Waals surface area contributed by atoms with Gasteiger partial charge in [0.2, 0.25) is 0 Å². The Labute approximate surface area is 347 Å². The number of anilines is 1. The highest BCUT2D eigenvalue weighted by Crippen LogP contribution is 2.22. The van der Waals surface area contributed by atoms with Crippen LogP contribution in [0.3, 0.4) is 0 Å². The zero-order valence-electron chi connectivity index (χ0n) is 33.8. The van der Waals surface area contributed by atoms with Crippen molar-refractivity contribution in [1.29, 1.82) is 0 Å². The lowest BCUT2D eigenvalue weighted by Crippen LogP contribution is -2.46. The van der Waals surface area contributed by atoms with Gasteiger partial charge in [0.1, 0.15) is 29.3 Å². The number of pyridine rings is 4. The first-order chi connectivity index (χ1) is 28.7. The molecule has 6 aromatic rings. The minimum absolute atomic E-state index is 0. The smallest absolute Gasteiger partial charge is 0.270 e. The molecule has 5 aromatic heterocycles. The van der Waals surface area contributed by atoms with Crippen LogP contribution in [0.1, 0.15) is 48.9 Å². The Morgan fingerprint density at radius 3 is 2.34 bits per heavy atom. The Morgan fingerprint density at radius 2 is 1.59 bits per heavy atom. The molecule has 1 saturated heterocycles. The summed E-state index contributed by atoms with van der Waals surface area (Å²) in [5.74, 6) is 0.205. The van der Waals surface area contributed by atoms with Crippen LogP contribution < -0.4 is 25.8 Å². The SMILES string of the molecule is CCc1cc2ncc(CN3CCN(c4ccc(C(=O)NCCOCCNC(=O)c5ccc6ncn(Cc7ccccc7OCCN(C)C)c6n5)nc4)CC3)cc2[nH]c1=O.[HH].[HH].[HH]. The maximum absolute atomic E-state index is 12.9. The average Bonchev–Trinajstić information content (AvgIpc) is 3.65. The molecule has 3 N–H and O–H groups in total. The van der Waals surface area contributed by atoms with Crippen molar-refractivity contribution >= 4 is 39.7 Å². The van der Waals surface area contributed by atoms with Crippen LogP contribution in [0.5, 0.6) is 5.75 Å². The van der Waals surface area contributed by atoms with E-state index in [2.05, 4.69) is 50.3 Å². The summed E-state index contributed by atoms with van der Waals surface area (Å²) in [5, 5.41) is 5.69. The highest BCUT2D eigenvalue weighted by molar-refractivity contribution is 5.94. The predicted octanol–water partition coefficient (Wildman–Crippen LogP) is 3.85. The van der Waals surface area contributed by atoms with Crippen molar-refractivity contribution in [3.8, 4) is 5.75 Å².